The molecule has 3 heterocycles. The molecule has 0 saturated carbocycles. The van der Waals surface area contributed by atoms with Gasteiger partial charge in [0, 0.05) is 0 Å². The summed E-state index contributed by atoms with van der Waals surface area (Å²) in [5, 5.41) is 20.4. The highest BCUT2D eigenvalue weighted by Crippen LogP contribution is 2.32. The zero-order valence-electron chi connectivity index (χ0n) is 12.8. The Morgan fingerprint density at radius 2 is 2.17 bits per heavy atom. The molecule has 2 aromatic heterocycles. The lowest BCUT2D eigenvalue weighted by atomic mass is 10.1. The number of aliphatic hydroxyl groups is 2. The van der Waals surface area contributed by atoms with E-state index in [1.165, 1.54) is 24.1 Å². The van der Waals surface area contributed by atoms with Crippen LogP contribution in [0.2, 0.25) is 0 Å². The van der Waals surface area contributed by atoms with Gasteiger partial charge in [0.1, 0.15) is 42.8 Å². The second-order valence-corrected chi connectivity index (χ2v) is 5.55. The van der Waals surface area contributed by atoms with Crippen LogP contribution < -0.4 is 11.5 Å². The number of nitrogen functional groups attached to an aromatic ring is 1. The van der Waals surface area contributed by atoms with E-state index in [9.17, 15) is 15.0 Å². The average Bonchev–Trinajstić information content (AvgIpc) is 3.09. The van der Waals surface area contributed by atoms with E-state index in [-0.39, 0.29) is 12.4 Å². The lowest BCUT2D eigenvalue weighted by Gasteiger charge is -2.16. The molecule has 11 nitrogen and oxygen atoms in total. The number of rotatable bonds is 4. The van der Waals surface area contributed by atoms with Gasteiger partial charge in [-0.1, -0.05) is 0 Å². The number of esters is 1. The van der Waals surface area contributed by atoms with E-state index in [2.05, 4.69) is 15.0 Å². The predicted molar refractivity (Wildman–Crippen MR) is 80.3 cm³/mol. The minimum absolute atomic E-state index is 0.189. The molecule has 5 unspecified atom stereocenters. The minimum atomic E-state index is -1.27. The Balaban J connectivity index is 1.79. The maximum atomic E-state index is 11.4. The molecule has 1 aliphatic rings. The number of carbonyl (C=O) groups is 1. The Bertz CT molecular complexity index is 750. The first-order chi connectivity index (χ1) is 11.4. The molecule has 5 atom stereocenters. The highest BCUT2D eigenvalue weighted by Gasteiger charge is 2.45. The van der Waals surface area contributed by atoms with Gasteiger partial charge in [0.05, 0.1) is 6.33 Å². The minimum Gasteiger partial charge on any atom is -0.462 e. The van der Waals surface area contributed by atoms with Gasteiger partial charge in [-0.05, 0) is 6.92 Å². The summed E-state index contributed by atoms with van der Waals surface area (Å²) in [4.78, 5) is 23.4. The smallest absolute Gasteiger partial charge is 0.322 e. The molecular formula is C13H18N6O5. The highest BCUT2D eigenvalue weighted by atomic mass is 16.6. The zero-order chi connectivity index (χ0) is 17.4. The average molecular weight is 338 g/mol. The highest BCUT2D eigenvalue weighted by molar-refractivity contribution is 5.81. The lowest BCUT2D eigenvalue weighted by molar-refractivity contribution is -0.151. The van der Waals surface area contributed by atoms with Crippen molar-refractivity contribution >= 4 is 23.0 Å². The second-order valence-electron chi connectivity index (χ2n) is 5.55. The van der Waals surface area contributed by atoms with Crippen LogP contribution >= 0.6 is 0 Å². The van der Waals surface area contributed by atoms with Crippen molar-refractivity contribution in [1.29, 1.82) is 0 Å². The summed E-state index contributed by atoms with van der Waals surface area (Å²) in [7, 11) is 0. The third-order valence-corrected chi connectivity index (χ3v) is 3.76. The Morgan fingerprint density at radius 1 is 1.42 bits per heavy atom. The molecule has 0 amide bonds. The molecule has 0 aromatic carbocycles. The van der Waals surface area contributed by atoms with E-state index < -0.39 is 36.6 Å². The summed E-state index contributed by atoms with van der Waals surface area (Å²) in [5.41, 5.74) is 11.8. The summed E-state index contributed by atoms with van der Waals surface area (Å²) in [6, 6.07) is -0.790. The van der Waals surface area contributed by atoms with Crippen molar-refractivity contribution in [3.63, 3.8) is 0 Å². The molecule has 2 aromatic rings. The van der Waals surface area contributed by atoms with E-state index in [0.717, 1.165) is 0 Å². The Morgan fingerprint density at radius 3 is 2.88 bits per heavy atom. The van der Waals surface area contributed by atoms with Gasteiger partial charge in [-0.2, -0.15) is 0 Å². The van der Waals surface area contributed by atoms with Gasteiger partial charge >= 0.3 is 5.97 Å². The van der Waals surface area contributed by atoms with Crippen molar-refractivity contribution in [2.24, 2.45) is 5.73 Å². The lowest BCUT2D eigenvalue weighted by Crippen LogP contribution is -2.36. The fraction of sp³-hybridized carbons (Fsp3) is 0.538. The SMILES string of the molecule is CC(N)C(=O)OCC1OC(n2cnc3c(N)ncnc32)C(O)C1O. The Kier molecular flexibility index (Phi) is 4.32. The van der Waals surface area contributed by atoms with E-state index in [1.807, 2.05) is 0 Å². The third-order valence-electron chi connectivity index (χ3n) is 3.76. The van der Waals surface area contributed by atoms with Crippen molar-refractivity contribution < 1.29 is 24.5 Å². The Hall–Kier alpha value is -2.34. The zero-order valence-corrected chi connectivity index (χ0v) is 12.8. The number of carbonyl (C=O) groups excluding carboxylic acids is 1. The standard InChI is InChI=1S/C13H18N6O5/c1-5(14)13(22)23-2-6-8(20)9(21)12(24-6)19-4-18-7-10(15)16-3-17-11(7)19/h3-6,8-9,12,20-21H,2,14H2,1H3,(H2,15,16,17). The van der Waals surface area contributed by atoms with E-state index in [1.54, 1.807) is 0 Å². The number of nitrogens with two attached hydrogens (primary N) is 2. The molecule has 0 bridgehead atoms. The molecule has 130 valence electrons. The molecule has 0 aliphatic carbocycles. The maximum Gasteiger partial charge on any atom is 0.322 e. The van der Waals surface area contributed by atoms with Crippen LogP contribution in [0.1, 0.15) is 13.2 Å². The van der Waals surface area contributed by atoms with Crippen molar-refractivity contribution in [2.45, 2.75) is 37.5 Å². The first-order valence-corrected chi connectivity index (χ1v) is 7.27. The topological polar surface area (TPSA) is 172 Å². The maximum absolute atomic E-state index is 11.4. The summed E-state index contributed by atoms with van der Waals surface area (Å²) in [6.45, 7) is 1.24. The molecule has 6 N–H and O–H groups in total. The molecular weight excluding hydrogens is 320 g/mol. The monoisotopic (exact) mass is 338 g/mol. The first-order valence-electron chi connectivity index (χ1n) is 7.27. The quantitative estimate of drug-likeness (QED) is 0.453. The van der Waals surface area contributed by atoms with Crippen LogP contribution in [0.5, 0.6) is 0 Å². The predicted octanol–water partition coefficient (Wildman–Crippen LogP) is -2.08. The molecule has 0 radical (unpaired) electrons. The van der Waals surface area contributed by atoms with Gasteiger partial charge in [0.25, 0.3) is 0 Å². The van der Waals surface area contributed by atoms with Gasteiger partial charge in [-0.15, -0.1) is 0 Å². The Labute approximate surface area is 136 Å². The van der Waals surface area contributed by atoms with Gasteiger partial charge in [0.15, 0.2) is 17.7 Å². The van der Waals surface area contributed by atoms with Crippen molar-refractivity contribution in [3.8, 4) is 0 Å². The molecule has 1 saturated heterocycles. The van der Waals surface area contributed by atoms with Crippen LogP contribution in [0.4, 0.5) is 5.82 Å². The van der Waals surface area contributed by atoms with Gasteiger partial charge in [0.2, 0.25) is 0 Å². The number of anilines is 1. The first kappa shape index (κ1) is 16.5. The van der Waals surface area contributed by atoms with Crippen LogP contribution in [0.15, 0.2) is 12.7 Å². The van der Waals surface area contributed by atoms with E-state index in [4.69, 9.17) is 20.9 Å². The molecule has 1 fully saturated rings. The largest absolute Gasteiger partial charge is 0.462 e. The van der Waals surface area contributed by atoms with Gasteiger partial charge < -0.3 is 31.2 Å². The number of fused-ring (bicyclic) bond motifs is 1. The number of aliphatic hydroxyl groups excluding tert-OH is 2. The fourth-order valence-electron chi connectivity index (χ4n) is 2.45. The summed E-state index contributed by atoms with van der Waals surface area (Å²) < 4.78 is 12.0. The summed E-state index contributed by atoms with van der Waals surface area (Å²) in [6.07, 6.45) is -1.75. The van der Waals surface area contributed by atoms with E-state index >= 15 is 0 Å². The van der Waals surface area contributed by atoms with Crippen LogP contribution in [0, 0.1) is 0 Å². The van der Waals surface area contributed by atoms with Crippen molar-refractivity contribution in [3.05, 3.63) is 12.7 Å². The molecule has 1 aliphatic heterocycles. The number of hydrogen-bond acceptors (Lipinski definition) is 10. The molecule has 0 spiro atoms. The number of ether oxygens (including phenoxy) is 2. The normalized spacial score (nSPS) is 28.2. The van der Waals surface area contributed by atoms with Crippen molar-refractivity contribution in [2.75, 3.05) is 12.3 Å². The summed E-state index contributed by atoms with van der Waals surface area (Å²) in [5.74, 6) is -0.438. The van der Waals surface area contributed by atoms with E-state index in [0.29, 0.717) is 11.2 Å². The van der Waals surface area contributed by atoms with Gasteiger partial charge in [-0.25, -0.2) is 15.0 Å². The van der Waals surface area contributed by atoms with Crippen LogP contribution in [-0.4, -0.2) is 66.7 Å². The number of imidazole rings is 1. The molecule has 3 rings (SSSR count). The van der Waals surface area contributed by atoms with Crippen LogP contribution in [-0.2, 0) is 14.3 Å². The number of hydrogen-bond donors (Lipinski definition) is 4. The molecule has 11 heteroatoms. The fourth-order valence-corrected chi connectivity index (χ4v) is 2.45. The summed E-state index contributed by atoms with van der Waals surface area (Å²) >= 11 is 0. The number of aromatic nitrogens is 4. The molecule has 24 heavy (non-hydrogen) atoms. The second kappa shape index (κ2) is 6.28. The van der Waals surface area contributed by atoms with Crippen LogP contribution in [0.25, 0.3) is 11.2 Å². The third kappa shape index (κ3) is 2.78. The number of nitrogens with zero attached hydrogens (tertiary/aromatic N) is 4. The van der Waals surface area contributed by atoms with Gasteiger partial charge in [-0.3, -0.25) is 9.36 Å². The van der Waals surface area contributed by atoms with Crippen molar-refractivity contribution in [1.82, 2.24) is 19.5 Å². The van der Waals surface area contributed by atoms with Crippen LogP contribution in [0.3, 0.4) is 0 Å².